The lowest BCUT2D eigenvalue weighted by atomic mass is 10.1. The SMILES string of the molecule is N#CCOc1ccc(C(=O)/C=C/c2ccc(O)c([N+](=O)[O-])c2)cc1. The number of carbonyl (C=O) groups is 1. The van der Waals surface area contributed by atoms with Crippen LogP contribution in [0.25, 0.3) is 6.08 Å². The predicted octanol–water partition coefficient (Wildman–Crippen LogP) is 3.10. The molecule has 0 amide bonds. The Bertz CT molecular complexity index is 835. The summed E-state index contributed by atoms with van der Waals surface area (Å²) in [6, 6.07) is 11.9. The quantitative estimate of drug-likeness (QED) is 0.378. The lowest BCUT2D eigenvalue weighted by Gasteiger charge is -2.02. The van der Waals surface area contributed by atoms with Crippen molar-refractivity contribution in [1.29, 1.82) is 5.26 Å². The summed E-state index contributed by atoms with van der Waals surface area (Å²) in [5.74, 6) is -0.250. The molecule has 0 aromatic heterocycles. The number of nitriles is 1. The van der Waals surface area contributed by atoms with Gasteiger partial charge in [-0.2, -0.15) is 5.26 Å². The van der Waals surface area contributed by atoms with Crippen LogP contribution < -0.4 is 4.74 Å². The zero-order valence-corrected chi connectivity index (χ0v) is 12.4. The number of hydrogen-bond donors (Lipinski definition) is 1. The molecule has 0 unspecified atom stereocenters. The van der Waals surface area contributed by atoms with Gasteiger partial charge < -0.3 is 9.84 Å². The van der Waals surface area contributed by atoms with Crippen LogP contribution in [-0.4, -0.2) is 22.4 Å². The topological polar surface area (TPSA) is 113 Å². The molecule has 0 heterocycles. The number of carbonyl (C=O) groups excluding carboxylic acids is 1. The smallest absolute Gasteiger partial charge is 0.311 e. The highest BCUT2D eigenvalue weighted by Crippen LogP contribution is 2.26. The first-order chi connectivity index (χ1) is 11.5. The van der Waals surface area contributed by atoms with Crippen LogP contribution in [0.2, 0.25) is 0 Å². The molecular formula is C17H12N2O5. The summed E-state index contributed by atoms with van der Waals surface area (Å²) in [6.45, 7) is -0.0766. The number of hydrogen-bond acceptors (Lipinski definition) is 6. The summed E-state index contributed by atoms with van der Waals surface area (Å²) in [5.41, 5.74) is 0.397. The highest BCUT2D eigenvalue weighted by atomic mass is 16.6. The zero-order chi connectivity index (χ0) is 17.5. The van der Waals surface area contributed by atoms with Crippen molar-refractivity contribution in [1.82, 2.24) is 0 Å². The molecule has 0 bridgehead atoms. The van der Waals surface area contributed by atoms with Gasteiger partial charge >= 0.3 is 5.69 Å². The summed E-state index contributed by atoms with van der Waals surface area (Å²) in [5, 5.41) is 28.6. The van der Waals surface area contributed by atoms with Crippen LogP contribution in [0, 0.1) is 21.4 Å². The molecule has 0 aliphatic rings. The summed E-state index contributed by atoms with van der Waals surface area (Å²) in [7, 11) is 0. The molecule has 0 saturated carbocycles. The second-order valence-corrected chi connectivity index (χ2v) is 4.67. The van der Waals surface area contributed by atoms with Crippen LogP contribution in [0.3, 0.4) is 0 Å². The minimum absolute atomic E-state index is 0.0766. The van der Waals surface area contributed by atoms with Crippen molar-refractivity contribution < 1.29 is 19.6 Å². The van der Waals surface area contributed by atoms with E-state index in [9.17, 15) is 20.0 Å². The molecule has 120 valence electrons. The van der Waals surface area contributed by atoms with E-state index in [2.05, 4.69) is 0 Å². The van der Waals surface area contributed by atoms with Crippen molar-refractivity contribution in [3.05, 3.63) is 69.8 Å². The first-order valence-corrected chi connectivity index (χ1v) is 6.81. The van der Waals surface area contributed by atoms with Crippen LogP contribution in [0.5, 0.6) is 11.5 Å². The predicted molar refractivity (Wildman–Crippen MR) is 85.7 cm³/mol. The number of ketones is 1. The molecule has 0 fully saturated rings. The Morgan fingerprint density at radius 2 is 2.00 bits per heavy atom. The van der Waals surface area contributed by atoms with Gasteiger partial charge in [-0.15, -0.1) is 0 Å². The maximum absolute atomic E-state index is 12.1. The van der Waals surface area contributed by atoms with E-state index in [0.717, 1.165) is 0 Å². The van der Waals surface area contributed by atoms with Crippen LogP contribution in [0.4, 0.5) is 5.69 Å². The Kier molecular flexibility index (Phi) is 5.26. The van der Waals surface area contributed by atoms with Crippen LogP contribution in [0.15, 0.2) is 48.5 Å². The van der Waals surface area contributed by atoms with Crippen LogP contribution >= 0.6 is 0 Å². The second-order valence-electron chi connectivity index (χ2n) is 4.67. The van der Waals surface area contributed by atoms with Crippen molar-refractivity contribution in [3.8, 4) is 17.6 Å². The molecule has 0 spiro atoms. The Hall–Kier alpha value is -3.66. The molecular weight excluding hydrogens is 312 g/mol. The first-order valence-electron chi connectivity index (χ1n) is 6.81. The maximum Gasteiger partial charge on any atom is 0.311 e. The third-order valence-electron chi connectivity index (χ3n) is 3.07. The molecule has 7 heteroatoms. The number of nitrogens with zero attached hydrogens (tertiary/aromatic N) is 2. The standard InChI is InChI=1S/C17H12N2O5/c18-9-10-24-14-5-3-13(4-6-14)16(20)7-1-12-2-8-17(21)15(11-12)19(22)23/h1-8,11,21H,10H2/b7-1+. The number of phenolic OH excluding ortho intramolecular Hbond substituents is 1. The molecule has 0 radical (unpaired) electrons. The van der Waals surface area contributed by atoms with E-state index in [1.807, 2.05) is 6.07 Å². The molecule has 7 nitrogen and oxygen atoms in total. The Morgan fingerprint density at radius 1 is 1.29 bits per heavy atom. The van der Waals surface area contributed by atoms with E-state index in [0.29, 0.717) is 16.9 Å². The van der Waals surface area contributed by atoms with Gasteiger partial charge in [-0.05, 0) is 42.0 Å². The molecule has 1 N–H and O–H groups in total. The van der Waals surface area contributed by atoms with Crippen molar-refractivity contribution >= 4 is 17.5 Å². The molecule has 24 heavy (non-hydrogen) atoms. The average Bonchev–Trinajstić information content (AvgIpc) is 2.59. The zero-order valence-electron chi connectivity index (χ0n) is 12.4. The van der Waals surface area contributed by atoms with Gasteiger partial charge in [-0.3, -0.25) is 14.9 Å². The van der Waals surface area contributed by atoms with Gasteiger partial charge in [0.15, 0.2) is 18.1 Å². The van der Waals surface area contributed by atoms with Gasteiger partial charge in [0.2, 0.25) is 0 Å². The normalized spacial score (nSPS) is 10.3. The number of allylic oxidation sites excluding steroid dienone is 1. The van der Waals surface area contributed by atoms with E-state index in [1.54, 1.807) is 24.3 Å². The Balaban J connectivity index is 2.11. The van der Waals surface area contributed by atoms with Gasteiger partial charge in [0.1, 0.15) is 11.8 Å². The van der Waals surface area contributed by atoms with E-state index >= 15 is 0 Å². The van der Waals surface area contributed by atoms with Crippen molar-refractivity contribution in [2.24, 2.45) is 0 Å². The van der Waals surface area contributed by atoms with Gasteiger partial charge in [-0.1, -0.05) is 12.1 Å². The van der Waals surface area contributed by atoms with Crippen molar-refractivity contribution in [2.45, 2.75) is 0 Å². The number of phenols is 1. The fourth-order valence-electron chi connectivity index (χ4n) is 1.89. The summed E-state index contributed by atoms with van der Waals surface area (Å²) in [4.78, 5) is 22.1. The van der Waals surface area contributed by atoms with E-state index in [-0.39, 0.29) is 12.4 Å². The fourth-order valence-corrected chi connectivity index (χ4v) is 1.89. The number of aromatic hydroxyl groups is 1. The van der Waals surface area contributed by atoms with Crippen LogP contribution in [0.1, 0.15) is 15.9 Å². The third-order valence-corrected chi connectivity index (χ3v) is 3.07. The van der Waals surface area contributed by atoms with Gasteiger partial charge in [0, 0.05) is 11.6 Å². The van der Waals surface area contributed by atoms with Crippen LogP contribution in [-0.2, 0) is 0 Å². The Morgan fingerprint density at radius 3 is 2.62 bits per heavy atom. The number of benzene rings is 2. The highest BCUT2D eigenvalue weighted by molar-refractivity contribution is 6.06. The molecule has 2 aromatic carbocycles. The molecule has 2 rings (SSSR count). The van der Waals surface area contributed by atoms with E-state index in [4.69, 9.17) is 10.00 Å². The molecule has 2 aromatic rings. The van der Waals surface area contributed by atoms with Crippen molar-refractivity contribution in [3.63, 3.8) is 0 Å². The largest absolute Gasteiger partial charge is 0.502 e. The number of ether oxygens (including phenoxy) is 1. The number of nitro groups is 1. The van der Waals surface area contributed by atoms with Gasteiger partial charge in [-0.25, -0.2) is 0 Å². The fraction of sp³-hybridized carbons (Fsp3) is 0.0588. The summed E-state index contributed by atoms with van der Waals surface area (Å²) < 4.78 is 5.09. The molecule has 0 aliphatic heterocycles. The first kappa shape index (κ1) is 16.7. The third kappa shape index (κ3) is 4.18. The minimum Gasteiger partial charge on any atom is -0.502 e. The summed E-state index contributed by atoms with van der Waals surface area (Å²) >= 11 is 0. The molecule has 0 aliphatic carbocycles. The Labute approximate surface area is 137 Å². The van der Waals surface area contributed by atoms with Crippen molar-refractivity contribution in [2.75, 3.05) is 6.61 Å². The second kappa shape index (κ2) is 7.56. The lowest BCUT2D eigenvalue weighted by molar-refractivity contribution is -0.385. The van der Waals surface area contributed by atoms with E-state index in [1.165, 1.54) is 30.4 Å². The van der Waals surface area contributed by atoms with Gasteiger partial charge in [0.25, 0.3) is 0 Å². The summed E-state index contributed by atoms with van der Waals surface area (Å²) in [6.07, 6.45) is 2.70. The minimum atomic E-state index is -0.700. The average molecular weight is 324 g/mol. The monoisotopic (exact) mass is 324 g/mol. The lowest BCUT2D eigenvalue weighted by Crippen LogP contribution is -1.96. The molecule has 0 saturated heterocycles. The molecule has 0 atom stereocenters. The number of rotatable bonds is 6. The number of nitro benzene ring substituents is 1. The maximum atomic E-state index is 12.1. The van der Waals surface area contributed by atoms with E-state index < -0.39 is 16.4 Å². The highest BCUT2D eigenvalue weighted by Gasteiger charge is 2.12. The van der Waals surface area contributed by atoms with Gasteiger partial charge in [0.05, 0.1) is 4.92 Å².